The maximum atomic E-state index is 5.21. The van der Waals surface area contributed by atoms with Gasteiger partial charge in [0.15, 0.2) is 5.96 Å². The number of aromatic nitrogens is 1. The Bertz CT molecular complexity index is 423. The van der Waals surface area contributed by atoms with E-state index in [1.165, 1.54) is 5.56 Å². The van der Waals surface area contributed by atoms with Gasteiger partial charge in [0.1, 0.15) is 5.76 Å². The number of hydrogen-bond donors (Lipinski definition) is 2. The van der Waals surface area contributed by atoms with E-state index < -0.39 is 0 Å². The Morgan fingerprint density at radius 3 is 2.42 bits per heavy atom. The van der Waals surface area contributed by atoms with E-state index in [4.69, 9.17) is 4.52 Å². The molecule has 0 bridgehead atoms. The Kier molecular flexibility index (Phi) is 4.97. The quantitative estimate of drug-likeness (QED) is 0.651. The van der Waals surface area contributed by atoms with Crippen LogP contribution in [0.4, 0.5) is 0 Å². The molecule has 0 saturated heterocycles. The lowest BCUT2D eigenvalue weighted by atomic mass is 10.00. The molecule has 5 nitrogen and oxygen atoms in total. The molecule has 0 amide bonds. The second-order valence-electron chi connectivity index (χ2n) is 5.97. The summed E-state index contributed by atoms with van der Waals surface area (Å²) < 4.78 is 5.21. The van der Waals surface area contributed by atoms with Crippen molar-refractivity contribution in [1.29, 1.82) is 0 Å². The third kappa shape index (κ3) is 4.58. The molecule has 19 heavy (non-hydrogen) atoms. The van der Waals surface area contributed by atoms with Crippen molar-refractivity contribution < 1.29 is 4.52 Å². The number of nitrogens with zero attached hydrogens (tertiary/aromatic N) is 2. The fourth-order valence-electron chi connectivity index (χ4n) is 2.08. The zero-order chi connectivity index (χ0) is 14.6. The number of nitrogens with one attached hydrogen (secondary N) is 2. The lowest BCUT2D eigenvalue weighted by molar-refractivity contribution is 0.391. The minimum atomic E-state index is -0.00584. The average molecular weight is 266 g/mol. The molecule has 0 aliphatic carbocycles. The first-order valence-corrected chi connectivity index (χ1v) is 6.66. The van der Waals surface area contributed by atoms with Crippen molar-refractivity contribution in [1.82, 2.24) is 15.8 Å². The Morgan fingerprint density at radius 1 is 1.37 bits per heavy atom. The normalized spacial score (nSPS) is 14.4. The van der Waals surface area contributed by atoms with Gasteiger partial charge in [-0.2, -0.15) is 0 Å². The lowest BCUT2D eigenvalue weighted by Crippen LogP contribution is -2.48. The number of aliphatic imine (C=N–C) groups is 1. The van der Waals surface area contributed by atoms with Crippen LogP contribution in [0.2, 0.25) is 0 Å². The molecule has 1 heterocycles. The van der Waals surface area contributed by atoms with Gasteiger partial charge in [-0.1, -0.05) is 12.1 Å². The molecule has 0 aliphatic rings. The number of aryl methyl sites for hydroxylation is 2. The second kappa shape index (κ2) is 6.08. The van der Waals surface area contributed by atoms with Crippen LogP contribution in [0, 0.1) is 13.8 Å². The van der Waals surface area contributed by atoms with E-state index in [9.17, 15) is 0 Å². The minimum Gasteiger partial charge on any atom is -0.361 e. The highest BCUT2D eigenvalue weighted by Gasteiger charge is 2.17. The number of hydrogen-bond acceptors (Lipinski definition) is 3. The fourth-order valence-corrected chi connectivity index (χ4v) is 2.08. The Morgan fingerprint density at radius 2 is 2.00 bits per heavy atom. The van der Waals surface area contributed by atoms with Crippen LogP contribution in [0.25, 0.3) is 0 Å². The Labute approximate surface area is 115 Å². The van der Waals surface area contributed by atoms with Crippen molar-refractivity contribution in [3.05, 3.63) is 17.0 Å². The van der Waals surface area contributed by atoms with Crippen molar-refractivity contribution in [3.8, 4) is 0 Å². The molecule has 1 unspecified atom stereocenters. The average Bonchev–Trinajstić information content (AvgIpc) is 2.62. The Hall–Kier alpha value is -1.52. The maximum absolute atomic E-state index is 5.21. The first kappa shape index (κ1) is 15.5. The van der Waals surface area contributed by atoms with Gasteiger partial charge in [0, 0.05) is 30.6 Å². The van der Waals surface area contributed by atoms with Crippen molar-refractivity contribution in [2.24, 2.45) is 4.99 Å². The second-order valence-corrected chi connectivity index (χ2v) is 5.97. The van der Waals surface area contributed by atoms with E-state index in [1.54, 1.807) is 7.05 Å². The molecule has 108 valence electrons. The van der Waals surface area contributed by atoms with E-state index in [0.717, 1.165) is 24.0 Å². The molecule has 0 spiro atoms. The molecule has 0 radical (unpaired) electrons. The number of rotatable bonds is 3. The largest absolute Gasteiger partial charge is 0.361 e. The van der Waals surface area contributed by atoms with Crippen molar-refractivity contribution >= 4 is 5.96 Å². The predicted molar refractivity (Wildman–Crippen MR) is 78.6 cm³/mol. The summed E-state index contributed by atoms with van der Waals surface area (Å²) >= 11 is 0. The topological polar surface area (TPSA) is 62.5 Å². The van der Waals surface area contributed by atoms with Crippen LogP contribution in [-0.2, 0) is 0 Å². The SMILES string of the molecule is CN=C(NCC(C)c1c(C)noc1C)NC(C)(C)C. The Balaban J connectivity index is 2.61. The van der Waals surface area contributed by atoms with Gasteiger partial charge in [0.2, 0.25) is 0 Å². The van der Waals surface area contributed by atoms with Gasteiger partial charge < -0.3 is 15.2 Å². The van der Waals surface area contributed by atoms with Crippen molar-refractivity contribution in [3.63, 3.8) is 0 Å². The molecule has 5 heteroatoms. The van der Waals surface area contributed by atoms with Gasteiger partial charge >= 0.3 is 0 Å². The fraction of sp³-hybridized carbons (Fsp3) is 0.714. The maximum Gasteiger partial charge on any atom is 0.191 e. The smallest absolute Gasteiger partial charge is 0.191 e. The molecular formula is C14H26N4O. The predicted octanol–water partition coefficient (Wildman–Crippen LogP) is 2.36. The molecule has 1 aromatic rings. The van der Waals surface area contributed by atoms with E-state index >= 15 is 0 Å². The van der Waals surface area contributed by atoms with Crippen LogP contribution in [0.1, 0.15) is 50.6 Å². The van der Waals surface area contributed by atoms with Gasteiger partial charge in [-0.3, -0.25) is 4.99 Å². The van der Waals surface area contributed by atoms with Crippen LogP contribution >= 0.6 is 0 Å². The molecule has 0 aromatic carbocycles. The van der Waals surface area contributed by atoms with Crippen LogP contribution in [0.15, 0.2) is 9.52 Å². The zero-order valence-corrected chi connectivity index (χ0v) is 13.1. The first-order chi connectivity index (χ1) is 8.74. The molecule has 2 N–H and O–H groups in total. The van der Waals surface area contributed by atoms with Gasteiger partial charge in [-0.25, -0.2) is 0 Å². The summed E-state index contributed by atoms with van der Waals surface area (Å²) in [4.78, 5) is 4.23. The summed E-state index contributed by atoms with van der Waals surface area (Å²) in [6, 6.07) is 0. The number of guanidine groups is 1. The molecule has 0 saturated carbocycles. The van der Waals surface area contributed by atoms with Gasteiger partial charge in [-0.15, -0.1) is 0 Å². The molecule has 1 atom stereocenters. The van der Waals surface area contributed by atoms with Crippen LogP contribution in [-0.4, -0.2) is 30.2 Å². The van der Waals surface area contributed by atoms with Gasteiger partial charge in [0.25, 0.3) is 0 Å². The molecule has 0 aliphatic heterocycles. The molecular weight excluding hydrogens is 240 g/mol. The standard InChI is InChI=1S/C14H26N4O/c1-9(12-10(2)18-19-11(12)3)8-16-13(15-7)17-14(4,5)6/h9H,8H2,1-7H3,(H2,15,16,17). The summed E-state index contributed by atoms with van der Waals surface area (Å²) in [6.45, 7) is 13.2. The summed E-state index contributed by atoms with van der Waals surface area (Å²) in [5.74, 6) is 2.03. The lowest BCUT2D eigenvalue weighted by Gasteiger charge is -2.24. The van der Waals surface area contributed by atoms with Crippen LogP contribution < -0.4 is 10.6 Å². The first-order valence-electron chi connectivity index (χ1n) is 6.66. The van der Waals surface area contributed by atoms with Crippen molar-refractivity contribution in [2.75, 3.05) is 13.6 Å². The highest BCUT2D eigenvalue weighted by Crippen LogP contribution is 2.22. The van der Waals surface area contributed by atoms with E-state index in [-0.39, 0.29) is 5.54 Å². The monoisotopic (exact) mass is 266 g/mol. The van der Waals surface area contributed by atoms with Gasteiger partial charge in [-0.05, 0) is 34.6 Å². The minimum absolute atomic E-state index is 0.00584. The third-order valence-corrected chi connectivity index (χ3v) is 2.87. The summed E-state index contributed by atoms with van der Waals surface area (Å²) in [5, 5.41) is 10.7. The summed E-state index contributed by atoms with van der Waals surface area (Å²) in [6.07, 6.45) is 0. The van der Waals surface area contributed by atoms with Crippen LogP contribution in [0.5, 0.6) is 0 Å². The highest BCUT2D eigenvalue weighted by molar-refractivity contribution is 5.80. The molecule has 0 fully saturated rings. The summed E-state index contributed by atoms with van der Waals surface area (Å²) in [5.41, 5.74) is 2.14. The van der Waals surface area contributed by atoms with Crippen LogP contribution in [0.3, 0.4) is 0 Å². The third-order valence-electron chi connectivity index (χ3n) is 2.87. The summed E-state index contributed by atoms with van der Waals surface area (Å²) in [7, 11) is 1.78. The van der Waals surface area contributed by atoms with E-state index in [2.05, 4.69) is 48.5 Å². The highest BCUT2D eigenvalue weighted by atomic mass is 16.5. The van der Waals surface area contributed by atoms with Crippen molar-refractivity contribution in [2.45, 2.75) is 53.0 Å². The molecule has 1 aromatic heterocycles. The molecule has 1 rings (SSSR count). The zero-order valence-electron chi connectivity index (χ0n) is 13.1. The van der Waals surface area contributed by atoms with E-state index in [1.807, 2.05) is 13.8 Å². The van der Waals surface area contributed by atoms with E-state index in [0.29, 0.717) is 5.92 Å². The van der Waals surface area contributed by atoms with Gasteiger partial charge in [0.05, 0.1) is 5.69 Å².